The fourth-order valence-corrected chi connectivity index (χ4v) is 1.45. The molecule has 126 valence electrons. The van der Waals surface area contributed by atoms with Crippen molar-refractivity contribution in [3.05, 3.63) is 0 Å². The Hall–Kier alpha value is -1.81. The van der Waals surface area contributed by atoms with Crippen molar-refractivity contribution in [2.45, 2.75) is 44.9 Å². The topological polar surface area (TPSA) is 156 Å². The molecule has 0 fully saturated rings. The minimum absolute atomic E-state index is 0.143. The van der Waals surface area contributed by atoms with E-state index < -0.39 is 47.8 Å². The number of carbonyl (C=O) groups excluding carboxylic acids is 4. The van der Waals surface area contributed by atoms with Crippen molar-refractivity contribution in [3.63, 3.8) is 0 Å². The maximum absolute atomic E-state index is 11.9. The molecule has 0 aliphatic rings. The zero-order chi connectivity index (χ0) is 17.4. The second-order valence-corrected chi connectivity index (χ2v) is 5.25. The van der Waals surface area contributed by atoms with Crippen molar-refractivity contribution in [3.8, 4) is 0 Å². The fourth-order valence-electron chi connectivity index (χ4n) is 1.28. The lowest BCUT2D eigenvalue weighted by atomic mass is 10.2. The summed E-state index contributed by atoms with van der Waals surface area (Å²) >= 11 is 3.88. The second kappa shape index (κ2) is 9.26. The molecular formula is C12H23N5O4S. The van der Waals surface area contributed by atoms with E-state index in [9.17, 15) is 19.2 Å². The SMILES string of the molecule is C[C@H](NC(=O)[C@H](C)NC(=O)[C@H](C)NC(=O)[C@@H](N)CS)C(N)=O. The van der Waals surface area contributed by atoms with Crippen molar-refractivity contribution in [1.82, 2.24) is 16.0 Å². The highest BCUT2D eigenvalue weighted by molar-refractivity contribution is 7.80. The Balaban J connectivity index is 4.42. The van der Waals surface area contributed by atoms with Gasteiger partial charge in [-0.15, -0.1) is 0 Å². The Labute approximate surface area is 134 Å². The monoisotopic (exact) mass is 333 g/mol. The first-order valence-electron chi connectivity index (χ1n) is 6.67. The average molecular weight is 333 g/mol. The van der Waals surface area contributed by atoms with Crippen LogP contribution in [0.4, 0.5) is 0 Å². The summed E-state index contributed by atoms with van der Waals surface area (Å²) in [5.74, 6) is -2.19. The van der Waals surface area contributed by atoms with Crippen LogP contribution in [0.25, 0.3) is 0 Å². The van der Waals surface area contributed by atoms with Gasteiger partial charge in [-0.05, 0) is 20.8 Å². The van der Waals surface area contributed by atoms with Crippen molar-refractivity contribution in [1.29, 1.82) is 0 Å². The lowest BCUT2D eigenvalue weighted by molar-refractivity contribution is -0.132. The molecule has 0 aliphatic carbocycles. The van der Waals surface area contributed by atoms with E-state index in [0.717, 1.165) is 0 Å². The van der Waals surface area contributed by atoms with Crippen LogP contribution in [0.3, 0.4) is 0 Å². The highest BCUT2D eigenvalue weighted by Gasteiger charge is 2.23. The van der Waals surface area contributed by atoms with Gasteiger partial charge in [0.15, 0.2) is 0 Å². The van der Waals surface area contributed by atoms with Crippen LogP contribution in [0.15, 0.2) is 0 Å². The van der Waals surface area contributed by atoms with Crippen LogP contribution in [0.2, 0.25) is 0 Å². The number of nitrogens with one attached hydrogen (secondary N) is 3. The van der Waals surface area contributed by atoms with Crippen LogP contribution in [0, 0.1) is 0 Å². The van der Waals surface area contributed by atoms with Gasteiger partial charge >= 0.3 is 0 Å². The molecule has 0 saturated carbocycles. The highest BCUT2D eigenvalue weighted by Crippen LogP contribution is 1.91. The number of nitrogens with two attached hydrogens (primary N) is 2. The van der Waals surface area contributed by atoms with Gasteiger partial charge in [-0.25, -0.2) is 0 Å². The average Bonchev–Trinajstić information content (AvgIpc) is 2.45. The van der Waals surface area contributed by atoms with Crippen LogP contribution in [0.1, 0.15) is 20.8 Å². The summed E-state index contributed by atoms with van der Waals surface area (Å²) < 4.78 is 0. The van der Waals surface area contributed by atoms with Crippen molar-refractivity contribution < 1.29 is 19.2 Å². The first-order chi connectivity index (χ1) is 10.1. The third-order valence-corrected chi connectivity index (χ3v) is 3.22. The Morgan fingerprint density at radius 2 is 1.23 bits per heavy atom. The van der Waals surface area contributed by atoms with Crippen LogP contribution in [-0.2, 0) is 19.2 Å². The maximum Gasteiger partial charge on any atom is 0.242 e. The number of thiol groups is 1. The third-order valence-electron chi connectivity index (χ3n) is 2.82. The molecule has 0 saturated heterocycles. The molecule has 0 aromatic carbocycles. The highest BCUT2D eigenvalue weighted by atomic mass is 32.1. The van der Waals surface area contributed by atoms with E-state index in [1.54, 1.807) is 0 Å². The van der Waals surface area contributed by atoms with Gasteiger partial charge in [0.2, 0.25) is 23.6 Å². The predicted octanol–water partition coefficient (Wildman–Crippen LogP) is -2.76. The number of carbonyl (C=O) groups is 4. The summed E-state index contributed by atoms with van der Waals surface area (Å²) in [4.78, 5) is 46.0. The molecule has 10 heteroatoms. The molecule has 0 aromatic rings. The molecule has 4 amide bonds. The molecule has 0 radical (unpaired) electrons. The molecule has 0 aliphatic heterocycles. The van der Waals surface area contributed by atoms with E-state index in [1.165, 1.54) is 20.8 Å². The molecule has 22 heavy (non-hydrogen) atoms. The second-order valence-electron chi connectivity index (χ2n) is 4.88. The van der Waals surface area contributed by atoms with E-state index in [2.05, 4.69) is 28.6 Å². The number of rotatable bonds is 8. The Kier molecular flexibility index (Phi) is 8.50. The summed E-state index contributed by atoms with van der Waals surface area (Å²) in [5.41, 5.74) is 10.5. The third kappa shape index (κ3) is 6.76. The van der Waals surface area contributed by atoms with Gasteiger partial charge in [0, 0.05) is 5.75 Å². The number of amides is 4. The Bertz CT molecular complexity index is 445. The van der Waals surface area contributed by atoms with E-state index in [-0.39, 0.29) is 5.75 Å². The van der Waals surface area contributed by atoms with E-state index in [1.807, 2.05) is 0 Å². The minimum Gasteiger partial charge on any atom is -0.368 e. The van der Waals surface area contributed by atoms with Gasteiger partial charge in [0.25, 0.3) is 0 Å². The normalized spacial score (nSPS) is 15.9. The first kappa shape index (κ1) is 20.2. The minimum atomic E-state index is -0.896. The smallest absolute Gasteiger partial charge is 0.242 e. The van der Waals surface area contributed by atoms with Gasteiger partial charge in [0.1, 0.15) is 18.1 Å². The summed E-state index contributed by atoms with van der Waals surface area (Å²) in [6, 6.07) is -3.44. The van der Waals surface area contributed by atoms with Gasteiger partial charge in [0.05, 0.1) is 6.04 Å². The number of hydrogen-bond acceptors (Lipinski definition) is 6. The molecule has 9 nitrogen and oxygen atoms in total. The van der Waals surface area contributed by atoms with Crippen molar-refractivity contribution in [2.75, 3.05) is 5.75 Å². The molecule has 0 rings (SSSR count). The summed E-state index contributed by atoms with van der Waals surface area (Å²) in [6.07, 6.45) is 0. The van der Waals surface area contributed by atoms with Crippen LogP contribution < -0.4 is 27.4 Å². The van der Waals surface area contributed by atoms with E-state index in [4.69, 9.17) is 11.5 Å². The lowest BCUT2D eigenvalue weighted by Gasteiger charge is -2.20. The summed E-state index contributed by atoms with van der Waals surface area (Å²) in [7, 11) is 0. The van der Waals surface area contributed by atoms with Crippen molar-refractivity contribution >= 4 is 36.3 Å². The van der Waals surface area contributed by atoms with E-state index in [0.29, 0.717) is 0 Å². The molecule has 0 bridgehead atoms. The van der Waals surface area contributed by atoms with Crippen LogP contribution >= 0.6 is 12.6 Å². The Morgan fingerprint density at radius 3 is 1.59 bits per heavy atom. The largest absolute Gasteiger partial charge is 0.368 e. The summed E-state index contributed by atoms with van der Waals surface area (Å²) in [5, 5.41) is 7.16. The molecular weight excluding hydrogens is 310 g/mol. The molecule has 4 atom stereocenters. The molecule has 0 unspecified atom stereocenters. The molecule has 0 heterocycles. The number of primary amides is 1. The lowest BCUT2D eigenvalue weighted by Crippen LogP contribution is -2.55. The van der Waals surface area contributed by atoms with Crippen LogP contribution in [0.5, 0.6) is 0 Å². The Morgan fingerprint density at radius 1 is 0.864 bits per heavy atom. The quantitative estimate of drug-likeness (QED) is 0.265. The van der Waals surface area contributed by atoms with Crippen LogP contribution in [-0.4, -0.2) is 53.5 Å². The summed E-state index contributed by atoms with van der Waals surface area (Å²) in [6.45, 7) is 4.32. The van der Waals surface area contributed by atoms with Crippen molar-refractivity contribution in [2.24, 2.45) is 11.5 Å². The first-order valence-corrected chi connectivity index (χ1v) is 7.30. The van der Waals surface area contributed by atoms with E-state index >= 15 is 0 Å². The standard InChI is InChI=1S/C12H23N5O4S/c1-5(9(14)18)15-10(19)6(2)16-11(20)7(3)17-12(21)8(13)4-22/h5-8,22H,4,13H2,1-3H3,(H2,14,18)(H,15,19)(H,16,20)(H,17,21)/t5-,6-,7-,8-/m0/s1. The van der Waals surface area contributed by atoms with Gasteiger partial charge in [-0.2, -0.15) is 12.6 Å². The zero-order valence-electron chi connectivity index (χ0n) is 12.8. The maximum atomic E-state index is 11.9. The van der Waals surface area contributed by atoms with Gasteiger partial charge in [-0.3, -0.25) is 19.2 Å². The predicted molar refractivity (Wildman–Crippen MR) is 83.8 cm³/mol. The van der Waals surface area contributed by atoms with Gasteiger partial charge in [-0.1, -0.05) is 0 Å². The molecule has 0 spiro atoms. The van der Waals surface area contributed by atoms with Gasteiger partial charge < -0.3 is 27.4 Å². The zero-order valence-corrected chi connectivity index (χ0v) is 13.6. The molecule has 7 N–H and O–H groups in total. The molecule has 0 aromatic heterocycles. The number of hydrogen-bond donors (Lipinski definition) is 6. The fraction of sp³-hybridized carbons (Fsp3) is 0.667.